The fourth-order valence-electron chi connectivity index (χ4n) is 3.34. The maximum absolute atomic E-state index is 12.6. The number of carboxylic acid groups (broad SMARTS) is 1. The van der Waals surface area contributed by atoms with Crippen molar-refractivity contribution in [2.24, 2.45) is 4.99 Å². The lowest BCUT2D eigenvalue weighted by atomic mass is 10.0. The number of hydrogen-bond acceptors (Lipinski definition) is 9. The van der Waals surface area contributed by atoms with E-state index in [9.17, 15) is 34.8 Å². The zero-order valence-electron chi connectivity index (χ0n) is 18.6. The molecule has 0 bridgehead atoms. The first-order valence-corrected chi connectivity index (χ1v) is 11.7. The van der Waals surface area contributed by atoms with E-state index in [1.165, 1.54) is 30.3 Å². The molecule has 0 fully saturated rings. The number of aliphatic hydroxyl groups is 1. The summed E-state index contributed by atoms with van der Waals surface area (Å²) >= 11 is 9.16. The first-order valence-electron chi connectivity index (χ1n) is 10.6. The topological polar surface area (TPSA) is 193 Å². The Morgan fingerprint density at radius 2 is 1.94 bits per heavy atom. The van der Waals surface area contributed by atoms with Crippen molar-refractivity contribution in [1.82, 2.24) is 16.0 Å². The summed E-state index contributed by atoms with van der Waals surface area (Å²) in [4.78, 5) is 40.5. The van der Waals surface area contributed by atoms with Crippen LogP contribution in [0.2, 0.25) is 5.02 Å². The monoisotopic (exact) mass is 583 g/mol. The van der Waals surface area contributed by atoms with E-state index in [1.807, 2.05) is 0 Å². The Kier molecular flexibility index (Phi) is 8.96. The van der Waals surface area contributed by atoms with Gasteiger partial charge in [-0.1, -0.05) is 27.5 Å². The van der Waals surface area contributed by atoms with Gasteiger partial charge in [0.05, 0.1) is 36.7 Å². The van der Waals surface area contributed by atoms with E-state index in [2.05, 4.69) is 42.2 Å². The molecule has 192 valence electrons. The maximum Gasteiger partial charge on any atom is 0.305 e. The van der Waals surface area contributed by atoms with Crippen LogP contribution >= 0.6 is 27.5 Å². The molecular formula is C22H23BrClN5O7. The Morgan fingerprint density at radius 3 is 2.61 bits per heavy atom. The van der Waals surface area contributed by atoms with E-state index >= 15 is 0 Å². The third kappa shape index (κ3) is 7.47. The van der Waals surface area contributed by atoms with Gasteiger partial charge in [0.1, 0.15) is 11.5 Å². The van der Waals surface area contributed by atoms with Crippen LogP contribution in [0, 0.1) is 0 Å². The Labute approximate surface area is 218 Å². The van der Waals surface area contributed by atoms with Gasteiger partial charge in [0.2, 0.25) is 5.91 Å². The van der Waals surface area contributed by atoms with Crippen molar-refractivity contribution < 1.29 is 34.8 Å². The molecule has 1 heterocycles. The van der Waals surface area contributed by atoms with Crippen LogP contribution in [0.3, 0.4) is 0 Å². The number of halogens is 2. The van der Waals surface area contributed by atoms with Crippen molar-refractivity contribution >= 4 is 57.0 Å². The number of anilines is 1. The van der Waals surface area contributed by atoms with Crippen LogP contribution < -0.4 is 21.3 Å². The van der Waals surface area contributed by atoms with Gasteiger partial charge in [-0.3, -0.25) is 19.4 Å². The Balaban J connectivity index is 1.66. The lowest BCUT2D eigenvalue weighted by Crippen LogP contribution is -2.42. The van der Waals surface area contributed by atoms with Crippen molar-refractivity contribution in [3.8, 4) is 11.5 Å². The molecule has 14 heteroatoms. The number of benzene rings is 2. The van der Waals surface area contributed by atoms with Crippen LogP contribution in [0.1, 0.15) is 28.4 Å². The van der Waals surface area contributed by atoms with Gasteiger partial charge in [0.15, 0.2) is 5.96 Å². The van der Waals surface area contributed by atoms with Crippen molar-refractivity contribution in [2.45, 2.75) is 18.6 Å². The molecule has 0 spiro atoms. The van der Waals surface area contributed by atoms with Crippen molar-refractivity contribution in [2.75, 3.05) is 25.0 Å². The minimum absolute atomic E-state index is 0.0313. The van der Waals surface area contributed by atoms with Gasteiger partial charge in [-0.2, -0.15) is 0 Å². The molecule has 1 aliphatic rings. The van der Waals surface area contributed by atoms with Crippen molar-refractivity contribution in [3.05, 3.63) is 51.0 Å². The lowest BCUT2D eigenvalue weighted by Gasteiger charge is -2.20. The first kappa shape index (κ1) is 27.0. The predicted molar refractivity (Wildman–Crippen MR) is 134 cm³/mol. The molecule has 36 heavy (non-hydrogen) atoms. The summed E-state index contributed by atoms with van der Waals surface area (Å²) in [5, 5.41) is 49.6. The van der Waals surface area contributed by atoms with Crippen LogP contribution in [0.5, 0.6) is 11.5 Å². The number of aromatic hydroxyl groups is 2. The highest BCUT2D eigenvalue weighted by atomic mass is 79.9. The summed E-state index contributed by atoms with van der Waals surface area (Å²) in [6, 6.07) is 5.72. The normalized spacial score (nSPS) is 15.8. The quantitative estimate of drug-likeness (QED) is 0.226. The largest absolute Gasteiger partial charge is 0.508 e. The number of carbonyl (C=O) groups is 3. The van der Waals surface area contributed by atoms with Gasteiger partial charge in [0, 0.05) is 33.9 Å². The van der Waals surface area contributed by atoms with Gasteiger partial charge >= 0.3 is 5.97 Å². The fraction of sp³-hybridized carbons (Fsp3) is 0.273. The molecule has 2 amide bonds. The Bertz CT molecular complexity index is 1210. The van der Waals surface area contributed by atoms with Crippen molar-refractivity contribution in [3.63, 3.8) is 0 Å². The second kappa shape index (κ2) is 11.9. The Morgan fingerprint density at radius 1 is 1.19 bits per heavy atom. The fourth-order valence-corrected chi connectivity index (χ4v) is 4.17. The summed E-state index contributed by atoms with van der Waals surface area (Å²) in [7, 11) is 0. The van der Waals surface area contributed by atoms with Crippen LogP contribution in [-0.2, 0) is 9.59 Å². The number of nitrogens with one attached hydrogen (secondary N) is 4. The summed E-state index contributed by atoms with van der Waals surface area (Å²) in [5.41, 5.74) is 0.475. The number of aliphatic imine (C=N–C) groups is 1. The van der Waals surface area contributed by atoms with E-state index in [0.717, 1.165) is 0 Å². The average Bonchev–Trinajstić information content (AvgIpc) is 2.80. The van der Waals surface area contributed by atoms with Gasteiger partial charge in [-0.15, -0.1) is 0 Å². The smallest absolute Gasteiger partial charge is 0.305 e. The van der Waals surface area contributed by atoms with E-state index in [4.69, 9.17) is 11.6 Å². The first-order chi connectivity index (χ1) is 17.0. The number of aliphatic carboxylic acids is 1. The second-order valence-electron chi connectivity index (χ2n) is 7.84. The molecule has 0 saturated heterocycles. The van der Waals surface area contributed by atoms with Crippen LogP contribution in [0.15, 0.2) is 39.8 Å². The number of rotatable bonds is 8. The number of guanidine groups is 1. The highest BCUT2D eigenvalue weighted by Gasteiger charge is 2.23. The molecule has 0 aromatic heterocycles. The van der Waals surface area contributed by atoms with Gasteiger partial charge < -0.3 is 41.7 Å². The average molecular weight is 585 g/mol. The van der Waals surface area contributed by atoms with E-state index in [1.54, 1.807) is 0 Å². The summed E-state index contributed by atoms with van der Waals surface area (Å²) in [6.07, 6.45) is -1.15. The number of phenolic OH excluding ortho intramolecular Hbond substituents is 2. The zero-order valence-corrected chi connectivity index (χ0v) is 20.9. The number of amides is 2. The van der Waals surface area contributed by atoms with E-state index in [0.29, 0.717) is 22.7 Å². The predicted octanol–water partition coefficient (Wildman–Crippen LogP) is 1.31. The Hall–Kier alpha value is -3.55. The number of carbonyl (C=O) groups excluding carboxylic acids is 2. The number of aliphatic hydroxyl groups excluding tert-OH is 1. The number of nitrogens with zero attached hydrogens (tertiary/aromatic N) is 1. The number of hydrogen-bond donors (Lipinski definition) is 8. The number of β-amino-alcohol motifs (C(OH)–C–C–N with tert-alkyl or cyclic N) is 1. The summed E-state index contributed by atoms with van der Waals surface area (Å²) in [6.45, 7) is -0.0225. The van der Waals surface area contributed by atoms with Gasteiger partial charge in [-0.05, 0) is 24.3 Å². The highest BCUT2D eigenvalue weighted by molar-refractivity contribution is 9.10. The van der Waals surface area contributed by atoms with Crippen molar-refractivity contribution in [1.29, 1.82) is 0 Å². The molecular weight excluding hydrogens is 562 g/mol. The molecule has 0 aliphatic carbocycles. The third-order valence-electron chi connectivity index (χ3n) is 4.96. The van der Waals surface area contributed by atoms with E-state index in [-0.39, 0.29) is 34.2 Å². The molecule has 1 unspecified atom stereocenters. The molecule has 1 aliphatic heterocycles. The number of phenols is 2. The minimum Gasteiger partial charge on any atom is -0.508 e. The van der Waals surface area contributed by atoms with Crippen LogP contribution in [0.25, 0.3) is 0 Å². The third-order valence-corrected chi connectivity index (χ3v) is 5.71. The molecule has 2 aromatic rings. The van der Waals surface area contributed by atoms with Gasteiger partial charge in [0.25, 0.3) is 5.91 Å². The standard InChI is InChI=1S/C22H23BrClN5O7/c23-11-3-15(20(35)16(24)4-11)17(6-19(33)34)29-18(32)9-25-21(36)10-1-12(5-13(30)2-10)28-22-26-7-14(31)8-27-22/h1-5,14,17,30-31,35H,6-9H2,(H,25,36)(H,29,32)(H,33,34)(H2,26,27,28)/t17-/m1/s1. The summed E-state index contributed by atoms with van der Waals surface area (Å²) in [5.74, 6) is -2.86. The molecule has 0 saturated carbocycles. The highest BCUT2D eigenvalue weighted by Crippen LogP contribution is 2.36. The molecule has 12 nitrogen and oxygen atoms in total. The number of carboxylic acids is 1. The molecule has 3 rings (SSSR count). The maximum atomic E-state index is 12.6. The second-order valence-corrected chi connectivity index (χ2v) is 9.17. The summed E-state index contributed by atoms with van der Waals surface area (Å²) < 4.78 is 0.470. The molecule has 2 atom stereocenters. The van der Waals surface area contributed by atoms with Crippen LogP contribution in [-0.4, -0.2) is 69.9 Å². The van der Waals surface area contributed by atoms with E-state index < -0.39 is 42.9 Å². The SMILES string of the molecule is O=C(O)C[C@@H](NC(=O)CNC(=O)c1cc(O)cc(NC2=NCC(O)CN2)c1)c1cc(Br)cc(Cl)c1O. The molecule has 8 N–H and O–H groups in total. The zero-order chi connectivity index (χ0) is 26.4. The van der Waals surface area contributed by atoms with Gasteiger partial charge in [-0.25, -0.2) is 0 Å². The lowest BCUT2D eigenvalue weighted by molar-refractivity contribution is -0.137. The molecule has 2 aromatic carbocycles. The van der Waals surface area contributed by atoms with Crippen LogP contribution in [0.4, 0.5) is 5.69 Å². The minimum atomic E-state index is -1.23. The molecule has 0 radical (unpaired) electrons.